The van der Waals surface area contributed by atoms with Crippen molar-refractivity contribution in [3.05, 3.63) is 17.0 Å². The first-order chi connectivity index (χ1) is 8.95. The Morgan fingerprint density at radius 3 is 2.58 bits per heavy atom. The van der Waals surface area contributed by atoms with E-state index in [1.54, 1.807) is 13.8 Å². The molecule has 0 aliphatic heterocycles. The average Bonchev–Trinajstić information content (AvgIpc) is 2.66. The van der Waals surface area contributed by atoms with Gasteiger partial charge < -0.3 is 14.9 Å². The molecule has 0 saturated carbocycles. The molecule has 1 heterocycles. The molecule has 2 N–H and O–H groups in total. The SMILES string of the molecule is CCCCC(NC(=O)Cc1c(C)noc1C)C(=O)O. The van der Waals surface area contributed by atoms with Crippen molar-refractivity contribution in [2.45, 2.75) is 52.5 Å². The number of rotatable bonds is 7. The van der Waals surface area contributed by atoms with Gasteiger partial charge in [-0.25, -0.2) is 4.79 Å². The molecule has 1 rings (SSSR count). The average molecular weight is 268 g/mol. The van der Waals surface area contributed by atoms with Crippen molar-refractivity contribution in [1.29, 1.82) is 0 Å². The lowest BCUT2D eigenvalue weighted by Gasteiger charge is -2.13. The second kappa shape index (κ2) is 6.92. The van der Waals surface area contributed by atoms with Crippen molar-refractivity contribution in [2.24, 2.45) is 0 Å². The molecule has 0 saturated heterocycles. The van der Waals surface area contributed by atoms with Crippen LogP contribution in [-0.4, -0.2) is 28.2 Å². The number of carbonyl (C=O) groups is 2. The number of carbonyl (C=O) groups excluding carboxylic acids is 1. The first kappa shape index (κ1) is 15.2. The number of carboxylic acids is 1. The van der Waals surface area contributed by atoms with Crippen molar-refractivity contribution >= 4 is 11.9 Å². The number of aliphatic carboxylic acids is 1. The molecule has 1 amide bonds. The minimum Gasteiger partial charge on any atom is -0.480 e. The number of nitrogens with one attached hydrogen (secondary N) is 1. The molecular formula is C13H20N2O4. The van der Waals surface area contributed by atoms with Gasteiger partial charge in [0.2, 0.25) is 5.91 Å². The van der Waals surface area contributed by atoms with Gasteiger partial charge in [-0.1, -0.05) is 24.9 Å². The van der Waals surface area contributed by atoms with Crippen LogP contribution in [0.4, 0.5) is 0 Å². The fourth-order valence-corrected chi connectivity index (χ4v) is 1.83. The summed E-state index contributed by atoms with van der Waals surface area (Å²) in [6.45, 7) is 5.46. The molecule has 1 atom stereocenters. The Balaban J connectivity index is 2.60. The number of hydrogen-bond donors (Lipinski definition) is 2. The molecule has 1 unspecified atom stereocenters. The Morgan fingerprint density at radius 2 is 2.11 bits per heavy atom. The van der Waals surface area contributed by atoms with Crippen LogP contribution in [-0.2, 0) is 16.0 Å². The van der Waals surface area contributed by atoms with Gasteiger partial charge in [0, 0.05) is 5.56 Å². The summed E-state index contributed by atoms with van der Waals surface area (Å²) in [6, 6.07) is -0.826. The fourth-order valence-electron chi connectivity index (χ4n) is 1.83. The predicted molar refractivity (Wildman–Crippen MR) is 68.8 cm³/mol. The number of hydrogen-bond acceptors (Lipinski definition) is 4. The van der Waals surface area contributed by atoms with Crippen molar-refractivity contribution in [1.82, 2.24) is 10.5 Å². The summed E-state index contributed by atoms with van der Waals surface area (Å²) in [7, 11) is 0. The molecule has 0 aliphatic rings. The summed E-state index contributed by atoms with van der Waals surface area (Å²) in [6.07, 6.45) is 2.20. The highest BCUT2D eigenvalue weighted by atomic mass is 16.5. The van der Waals surface area contributed by atoms with E-state index in [0.29, 0.717) is 17.9 Å². The zero-order chi connectivity index (χ0) is 14.4. The maximum atomic E-state index is 11.8. The molecule has 6 heteroatoms. The van der Waals surface area contributed by atoms with E-state index in [1.165, 1.54) is 0 Å². The standard InChI is InChI=1S/C13H20N2O4/c1-4-5-6-11(13(17)18)14-12(16)7-10-8(2)15-19-9(10)3/h11H,4-7H2,1-3H3,(H,14,16)(H,17,18). The molecule has 106 valence electrons. The summed E-state index contributed by atoms with van der Waals surface area (Å²) in [4.78, 5) is 22.9. The third-order valence-electron chi connectivity index (χ3n) is 3.00. The highest BCUT2D eigenvalue weighted by Gasteiger charge is 2.21. The van der Waals surface area contributed by atoms with Crippen molar-refractivity contribution in [3.8, 4) is 0 Å². The second-order valence-electron chi connectivity index (χ2n) is 4.58. The number of amides is 1. The third kappa shape index (κ3) is 4.39. The number of carboxylic acid groups (broad SMARTS) is 1. The molecule has 6 nitrogen and oxygen atoms in total. The van der Waals surface area contributed by atoms with Crippen LogP contribution in [0, 0.1) is 13.8 Å². The first-order valence-corrected chi connectivity index (χ1v) is 6.39. The van der Waals surface area contributed by atoms with E-state index in [9.17, 15) is 9.59 Å². The Morgan fingerprint density at radius 1 is 1.42 bits per heavy atom. The zero-order valence-electron chi connectivity index (χ0n) is 11.5. The Hall–Kier alpha value is -1.85. The molecule has 0 aliphatic carbocycles. The van der Waals surface area contributed by atoms with Gasteiger partial charge in [0.25, 0.3) is 0 Å². The second-order valence-corrected chi connectivity index (χ2v) is 4.58. The van der Waals surface area contributed by atoms with E-state index in [0.717, 1.165) is 18.4 Å². The van der Waals surface area contributed by atoms with Gasteiger partial charge in [-0.3, -0.25) is 4.79 Å². The molecule has 0 bridgehead atoms. The van der Waals surface area contributed by atoms with Crippen molar-refractivity contribution in [3.63, 3.8) is 0 Å². The summed E-state index contributed by atoms with van der Waals surface area (Å²) >= 11 is 0. The normalized spacial score (nSPS) is 12.2. The quantitative estimate of drug-likeness (QED) is 0.783. The highest BCUT2D eigenvalue weighted by molar-refractivity contribution is 5.85. The molecule has 0 radical (unpaired) electrons. The van der Waals surface area contributed by atoms with E-state index in [2.05, 4.69) is 10.5 Å². The van der Waals surface area contributed by atoms with Crippen molar-refractivity contribution in [2.75, 3.05) is 0 Å². The van der Waals surface area contributed by atoms with Gasteiger partial charge in [0.05, 0.1) is 12.1 Å². The van der Waals surface area contributed by atoms with Gasteiger partial charge in [0.15, 0.2) is 0 Å². The Kier molecular flexibility index (Phi) is 5.54. The Labute approximate surface area is 112 Å². The third-order valence-corrected chi connectivity index (χ3v) is 3.00. The fraction of sp³-hybridized carbons (Fsp3) is 0.615. The van der Waals surface area contributed by atoms with Crippen LogP contribution in [0.15, 0.2) is 4.52 Å². The van der Waals surface area contributed by atoms with Crippen LogP contribution in [0.5, 0.6) is 0 Å². The molecule has 0 aromatic carbocycles. The number of aromatic nitrogens is 1. The maximum Gasteiger partial charge on any atom is 0.326 e. The summed E-state index contributed by atoms with van der Waals surface area (Å²) < 4.78 is 4.97. The van der Waals surface area contributed by atoms with E-state index in [1.807, 2.05) is 6.92 Å². The topological polar surface area (TPSA) is 92.4 Å². The van der Waals surface area contributed by atoms with Gasteiger partial charge in [0.1, 0.15) is 11.8 Å². The van der Waals surface area contributed by atoms with Crippen LogP contribution in [0.3, 0.4) is 0 Å². The monoisotopic (exact) mass is 268 g/mol. The van der Waals surface area contributed by atoms with Crippen molar-refractivity contribution < 1.29 is 19.2 Å². The lowest BCUT2D eigenvalue weighted by atomic mass is 10.1. The van der Waals surface area contributed by atoms with Crippen LogP contribution < -0.4 is 5.32 Å². The maximum absolute atomic E-state index is 11.8. The van der Waals surface area contributed by atoms with E-state index in [4.69, 9.17) is 9.63 Å². The van der Waals surface area contributed by atoms with E-state index >= 15 is 0 Å². The van der Waals surface area contributed by atoms with Gasteiger partial charge in [-0.2, -0.15) is 0 Å². The molecule has 19 heavy (non-hydrogen) atoms. The van der Waals surface area contributed by atoms with Crippen LogP contribution in [0.2, 0.25) is 0 Å². The molecule has 0 spiro atoms. The summed E-state index contributed by atoms with van der Waals surface area (Å²) in [5, 5.41) is 15.3. The minimum atomic E-state index is -0.999. The number of unbranched alkanes of at least 4 members (excludes halogenated alkanes) is 1. The van der Waals surface area contributed by atoms with Crippen LogP contribution in [0.1, 0.15) is 43.2 Å². The number of aryl methyl sites for hydroxylation is 2. The van der Waals surface area contributed by atoms with Crippen LogP contribution >= 0.6 is 0 Å². The minimum absolute atomic E-state index is 0.0943. The largest absolute Gasteiger partial charge is 0.480 e. The zero-order valence-corrected chi connectivity index (χ0v) is 11.5. The lowest BCUT2D eigenvalue weighted by Crippen LogP contribution is -2.41. The van der Waals surface area contributed by atoms with E-state index < -0.39 is 12.0 Å². The Bertz CT molecular complexity index is 434. The summed E-state index contributed by atoms with van der Waals surface area (Å²) in [5.41, 5.74) is 1.38. The molecule has 0 fully saturated rings. The lowest BCUT2D eigenvalue weighted by molar-refractivity contribution is -0.142. The van der Waals surface area contributed by atoms with Crippen LogP contribution in [0.25, 0.3) is 0 Å². The number of nitrogens with zero attached hydrogens (tertiary/aromatic N) is 1. The van der Waals surface area contributed by atoms with E-state index in [-0.39, 0.29) is 12.3 Å². The van der Waals surface area contributed by atoms with Gasteiger partial charge >= 0.3 is 5.97 Å². The predicted octanol–water partition coefficient (Wildman–Crippen LogP) is 1.59. The summed E-state index contributed by atoms with van der Waals surface area (Å²) in [5.74, 6) is -0.730. The smallest absolute Gasteiger partial charge is 0.326 e. The molecule has 1 aromatic heterocycles. The van der Waals surface area contributed by atoms with Gasteiger partial charge in [-0.05, 0) is 20.3 Å². The molecule has 1 aromatic rings. The van der Waals surface area contributed by atoms with Gasteiger partial charge in [-0.15, -0.1) is 0 Å². The molecular weight excluding hydrogens is 248 g/mol. The highest BCUT2D eigenvalue weighted by Crippen LogP contribution is 2.13. The first-order valence-electron chi connectivity index (χ1n) is 6.39.